The number of nitrogens with one attached hydrogen (secondary N) is 1. The van der Waals surface area contributed by atoms with Crippen LogP contribution in [0.1, 0.15) is 16.8 Å². The minimum atomic E-state index is 0.272. The topological polar surface area (TPSA) is 76.7 Å². The van der Waals surface area contributed by atoms with Crippen molar-refractivity contribution in [3.8, 4) is 11.3 Å². The van der Waals surface area contributed by atoms with Crippen LogP contribution in [0.2, 0.25) is 0 Å². The molecule has 0 spiro atoms. The quantitative estimate of drug-likeness (QED) is 0.754. The van der Waals surface area contributed by atoms with Crippen LogP contribution in [0.15, 0.2) is 48.7 Å². The van der Waals surface area contributed by atoms with Gasteiger partial charge >= 0.3 is 0 Å². The number of aryl methyl sites for hydroxylation is 1. The van der Waals surface area contributed by atoms with Crippen molar-refractivity contribution in [3.63, 3.8) is 0 Å². The van der Waals surface area contributed by atoms with Gasteiger partial charge in [-0.15, -0.1) is 0 Å². The molecule has 5 heteroatoms. The summed E-state index contributed by atoms with van der Waals surface area (Å²) < 4.78 is 0. The molecule has 2 heterocycles. The fourth-order valence-electron chi connectivity index (χ4n) is 2.59. The van der Waals surface area contributed by atoms with Gasteiger partial charge < -0.3 is 11.1 Å². The standard InChI is InChI=1S/C19H21N5/c1-13-6-5-8-16(14(13)2)17-12-18(24-19(20)23-17)22-11-9-15-7-3-4-10-21-15/h3-8,10,12H,9,11H2,1-2H3,(H3,20,22,23,24). The van der Waals surface area contributed by atoms with Gasteiger partial charge in [0.1, 0.15) is 5.82 Å². The Morgan fingerprint density at radius 2 is 1.92 bits per heavy atom. The number of hydrogen-bond donors (Lipinski definition) is 2. The van der Waals surface area contributed by atoms with Crippen LogP contribution in [0.4, 0.5) is 11.8 Å². The summed E-state index contributed by atoms with van der Waals surface area (Å²) in [6, 6.07) is 14.0. The highest BCUT2D eigenvalue weighted by Gasteiger charge is 2.08. The van der Waals surface area contributed by atoms with Gasteiger partial charge in [-0.2, -0.15) is 4.98 Å². The van der Waals surface area contributed by atoms with E-state index in [2.05, 4.69) is 46.2 Å². The second kappa shape index (κ2) is 7.08. The van der Waals surface area contributed by atoms with E-state index in [1.807, 2.05) is 30.3 Å². The molecule has 3 rings (SSSR count). The molecule has 0 saturated carbocycles. The maximum Gasteiger partial charge on any atom is 0.222 e. The van der Waals surface area contributed by atoms with E-state index in [1.54, 1.807) is 6.20 Å². The van der Waals surface area contributed by atoms with Crippen LogP contribution in [0.5, 0.6) is 0 Å². The zero-order valence-electron chi connectivity index (χ0n) is 14.0. The SMILES string of the molecule is Cc1cccc(-c2cc(NCCc3ccccn3)nc(N)n2)c1C. The molecule has 0 atom stereocenters. The molecule has 5 nitrogen and oxygen atoms in total. The van der Waals surface area contributed by atoms with Crippen LogP contribution in [0, 0.1) is 13.8 Å². The third kappa shape index (κ3) is 3.68. The van der Waals surface area contributed by atoms with Gasteiger partial charge in [-0.05, 0) is 37.1 Å². The third-order valence-corrected chi connectivity index (χ3v) is 4.04. The first-order valence-electron chi connectivity index (χ1n) is 7.98. The van der Waals surface area contributed by atoms with E-state index >= 15 is 0 Å². The second-order valence-corrected chi connectivity index (χ2v) is 5.74. The van der Waals surface area contributed by atoms with Gasteiger partial charge in [0.15, 0.2) is 0 Å². The number of nitrogens with zero attached hydrogens (tertiary/aromatic N) is 3. The Morgan fingerprint density at radius 1 is 1.04 bits per heavy atom. The number of aromatic nitrogens is 3. The Morgan fingerprint density at radius 3 is 2.71 bits per heavy atom. The molecule has 1 aromatic carbocycles. The lowest BCUT2D eigenvalue weighted by atomic mass is 10.0. The van der Waals surface area contributed by atoms with Crippen LogP contribution in [0.3, 0.4) is 0 Å². The normalized spacial score (nSPS) is 10.6. The number of hydrogen-bond acceptors (Lipinski definition) is 5. The van der Waals surface area contributed by atoms with E-state index in [9.17, 15) is 0 Å². The highest BCUT2D eigenvalue weighted by molar-refractivity contribution is 5.68. The van der Waals surface area contributed by atoms with Crippen molar-refractivity contribution in [2.75, 3.05) is 17.6 Å². The fourth-order valence-corrected chi connectivity index (χ4v) is 2.59. The first kappa shape index (κ1) is 15.9. The molecule has 0 amide bonds. The van der Waals surface area contributed by atoms with Crippen molar-refractivity contribution in [2.45, 2.75) is 20.3 Å². The molecule has 0 unspecified atom stereocenters. The highest BCUT2D eigenvalue weighted by atomic mass is 15.1. The van der Waals surface area contributed by atoms with Crippen LogP contribution < -0.4 is 11.1 Å². The molecule has 3 aromatic rings. The lowest BCUT2D eigenvalue weighted by molar-refractivity contribution is 0.952. The largest absolute Gasteiger partial charge is 0.369 e. The maximum absolute atomic E-state index is 5.89. The summed E-state index contributed by atoms with van der Waals surface area (Å²) in [7, 11) is 0. The number of anilines is 2. The van der Waals surface area contributed by atoms with E-state index in [-0.39, 0.29) is 5.95 Å². The van der Waals surface area contributed by atoms with E-state index in [0.29, 0.717) is 0 Å². The highest BCUT2D eigenvalue weighted by Crippen LogP contribution is 2.25. The molecular formula is C19H21N5. The molecule has 0 aliphatic rings. The Hall–Kier alpha value is -2.95. The Bertz CT molecular complexity index is 830. The van der Waals surface area contributed by atoms with Gasteiger partial charge in [0, 0.05) is 36.5 Å². The monoisotopic (exact) mass is 319 g/mol. The van der Waals surface area contributed by atoms with Crippen molar-refractivity contribution in [1.82, 2.24) is 15.0 Å². The first-order valence-corrected chi connectivity index (χ1v) is 7.98. The zero-order valence-corrected chi connectivity index (χ0v) is 14.0. The van der Waals surface area contributed by atoms with Crippen LogP contribution in [-0.4, -0.2) is 21.5 Å². The Balaban J connectivity index is 1.78. The summed E-state index contributed by atoms with van der Waals surface area (Å²) in [5.74, 6) is 1.00. The first-order chi connectivity index (χ1) is 11.6. The summed E-state index contributed by atoms with van der Waals surface area (Å²) in [6.45, 7) is 4.92. The minimum Gasteiger partial charge on any atom is -0.369 e. The number of nitrogens with two attached hydrogens (primary N) is 1. The van der Waals surface area contributed by atoms with Crippen molar-refractivity contribution in [2.24, 2.45) is 0 Å². The average molecular weight is 319 g/mol. The summed E-state index contributed by atoms with van der Waals surface area (Å²) >= 11 is 0. The Labute approximate surface area is 142 Å². The minimum absolute atomic E-state index is 0.272. The predicted octanol–water partition coefficient (Wildman–Crippen LogP) is 3.39. The lowest BCUT2D eigenvalue weighted by Crippen LogP contribution is -2.09. The molecule has 2 aromatic heterocycles. The van der Waals surface area contributed by atoms with Gasteiger partial charge in [0.2, 0.25) is 5.95 Å². The van der Waals surface area contributed by atoms with Crippen molar-refractivity contribution in [3.05, 3.63) is 65.5 Å². The van der Waals surface area contributed by atoms with Crippen LogP contribution in [0.25, 0.3) is 11.3 Å². The molecule has 0 fully saturated rings. The maximum atomic E-state index is 5.89. The summed E-state index contributed by atoms with van der Waals surface area (Å²) in [6.07, 6.45) is 2.63. The average Bonchev–Trinajstić information content (AvgIpc) is 2.58. The number of rotatable bonds is 5. The van der Waals surface area contributed by atoms with E-state index in [0.717, 1.165) is 35.7 Å². The molecule has 3 N–H and O–H groups in total. The van der Waals surface area contributed by atoms with E-state index in [1.165, 1.54) is 11.1 Å². The predicted molar refractivity (Wildman–Crippen MR) is 97.8 cm³/mol. The number of pyridine rings is 1. The lowest BCUT2D eigenvalue weighted by Gasteiger charge is -2.11. The third-order valence-electron chi connectivity index (χ3n) is 4.04. The summed E-state index contributed by atoms with van der Waals surface area (Å²) in [5, 5.41) is 3.31. The van der Waals surface area contributed by atoms with Gasteiger partial charge in [-0.3, -0.25) is 4.98 Å². The number of benzene rings is 1. The van der Waals surface area contributed by atoms with Gasteiger partial charge in [-0.25, -0.2) is 4.98 Å². The smallest absolute Gasteiger partial charge is 0.222 e. The van der Waals surface area contributed by atoms with Crippen molar-refractivity contribution >= 4 is 11.8 Å². The molecule has 0 aliphatic carbocycles. The van der Waals surface area contributed by atoms with Crippen molar-refractivity contribution < 1.29 is 0 Å². The van der Waals surface area contributed by atoms with Gasteiger partial charge in [0.25, 0.3) is 0 Å². The fraction of sp³-hybridized carbons (Fsp3) is 0.211. The molecular weight excluding hydrogens is 298 g/mol. The van der Waals surface area contributed by atoms with Gasteiger partial charge in [-0.1, -0.05) is 24.3 Å². The molecule has 0 bridgehead atoms. The summed E-state index contributed by atoms with van der Waals surface area (Å²) in [5.41, 5.74) is 11.3. The molecule has 122 valence electrons. The molecule has 0 saturated heterocycles. The molecule has 0 aliphatic heterocycles. The Kier molecular flexibility index (Phi) is 4.70. The summed E-state index contributed by atoms with van der Waals surface area (Å²) in [4.78, 5) is 13.0. The van der Waals surface area contributed by atoms with Crippen LogP contribution >= 0.6 is 0 Å². The zero-order chi connectivity index (χ0) is 16.9. The van der Waals surface area contributed by atoms with Crippen LogP contribution in [-0.2, 0) is 6.42 Å². The van der Waals surface area contributed by atoms with E-state index in [4.69, 9.17) is 5.73 Å². The molecule has 24 heavy (non-hydrogen) atoms. The number of nitrogen functional groups attached to an aromatic ring is 1. The van der Waals surface area contributed by atoms with E-state index < -0.39 is 0 Å². The van der Waals surface area contributed by atoms with Crippen molar-refractivity contribution in [1.29, 1.82) is 0 Å². The van der Waals surface area contributed by atoms with Gasteiger partial charge in [0.05, 0.1) is 5.69 Å². The second-order valence-electron chi connectivity index (χ2n) is 5.74. The molecule has 0 radical (unpaired) electrons.